The summed E-state index contributed by atoms with van der Waals surface area (Å²) in [6.45, 7) is 4.00. The van der Waals surface area contributed by atoms with Crippen molar-refractivity contribution in [1.29, 1.82) is 0 Å². The third-order valence-electron chi connectivity index (χ3n) is 3.97. The predicted molar refractivity (Wildman–Crippen MR) is 107 cm³/mol. The number of amides is 1. The molecule has 1 amide bonds. The number of pyridine rings is 1. The zero-order chi connectivity index (χ0) is 21.8. The predicted octanol–water partition coefficient (Wildman–Crippen LogP) is 3.25. The molecule has 0 fully saturated rings. The van der Waals surface area contributed by atoms with Gasteiger partial charge in [0.05, 0.1) is 10.5 Å². The van der Waals surface area contributed by atoms with Crippen molar-refractivity contribution >= 4 is 29.2 Å². The van der Waals surface area contributed by atoms with Crippen molar-refractivity contribution in [2.24, 2.45) is 13.0 Å². The second-order valence-electron chi connectivity index (χ2n) is 6.85. The van der Waals surface area contributed by atoms with Gasteiger partial charge < -0.3 is 5.32 Å². The second-order valence-corrected chi connectivity index (χ2v) is 7.86. The fraction of sp³-hybridized carbons (Fsp3) is 0.278. The normalized spacial score (nSPS) is 11.0. The van der Waals surface area contributed by atoms with Crippen molar-refractivity contribution in [2.45, 2.75) is 30.3 Å². The Balaban J connectivity index is 1.91. The summed E-state index contributed by atoms with van der Waals surface area (Å²) in [6, 6.07) is 5.12. The molecule has 10 nitrogen and oxygen atoms in total. The van der Waals surface area contributed by atoms with Crippen LogP contribution in [-0.2, 0) is 13.5 Å². The molecule has 0 spiro atoms. The molecule has 0 unspecified atom stereocenters. The number of anilines is 1. The monoisotopic (exact) mass is 431 g/mol. The van der Waals surface area contributed by atoms with Gasteiger partial charge in [-0.1, -0.05) is 13.8 Å². The van der Waals surface area contributed by atoms with Gasteiger partial charge in [-0.15, -0.1) is 5.10 Å². The standard InChI is InChI=1S/C18H18FN7O3S/c1-10(2)6-11-7-14(19)16(20-9-11)21-17(27)13-8-12(26(28)29)4-5-15(13)30-18-22-23-24-25(18)3/h4-5,7-10H,6H2,1-3H3,(H,20,21,27). The van der Waals surface area contributed by atoms with Gasteiger partial charge in [-0.05, 0) is 52.2 Å². The number of hydrogen-bond acceptors (Lipinski definition) is 8. The number of hydrogen-bond donors (Lipinski definition) is 1. The highest BCUT2D eigenvalue weighted by Crippen LogP contribution is 2.31. The van der Waals surface area contributed by atoms with Gasteiger partial charge in [0.25, 0.3) is 11.6 Å². The lowest BCUT2D eigenvalue weighted by Gasteiger charge is -2.11. The Labute approximate surface area is 175 Å². The van der Waals surface area contributed by atoms with Crippen LogP contribution in [0.5, 0.6) is 0 Å². The topological polar surface area (TPSA) is 129 Å². The number of rotatable bonds is 7. The molecule has 1 aromatic carbocycles. The van der Waals surface area contributed by atoms with Crippen LogP contribution in [0.2, 0.25) is 0 Å². The number of halogens is 1. The molecule has 0 aliphatic heterocycles. The summed E-state index contributed by atoms with van der Waals surface area (Å²) in [7, 11) is 1.62. The van der Waals surface area contributed by atoms with Gasteiger partial charge in [-0.2, -0.15) is 0 Å². The van der Waals surface area contributed by atoms with Gasteiger partial charge >= 0.3 is 0 Å². The van der Waals surface area contributed by atoms with Crippen molar-refractivity contribution in [3.63, 3.8) is 0 Å². The molecule has 3 aromatic rings. The Morgan fingerprint density at radius 3 is 2.73 bits per heavy atom. The van der Waals surface area contributed by atoms with Crippen LogP contribution in [0.15, 0.2) is 40.5 Å². The number of aryl methyl sites for hydroxylation is 1. The number of aromatic nitrogens is 5. The lowest BCUT2D eigenvalue weighted by Crippen LogP contribution is -2.16. The van der Waals surface area contributed by atoms with Gasteiger partial charge in [0.15, 0.2) is 11.6 Å². The van der Waals surface area contributed by atoms with Crippen LogP contribution in [0.25, 0.3) is 0 Å². The van der Waals surface area contributed by atoms with Gasteiger partial charge in [-0.25, -0.2) is 14.1 Å². The van der Waals surface area contributed by atoms with Crippen molar-refractivity contribution in [3.05, 3.63) is 57.5 Å². The molecular formula is C18H18FN7O3S. The summed E-state index contributed by atoms with van der Waals surface area (Å²) < 4.78 is 15.8. The third kappa shape index (κ3) is 4.95. The van der Waals surface area contributed by atoms with E-state index in [1.54, 1.807) is 7.05 Å². The number of nitrogens with zero attached hydrogens (tertiary/aromatic N) is 6. The number of nitro benzene ring substituents is 1. The van der Waals surface area contributed by atoms with Gasteiger partial charge in [-0.3, -0.25) is 14.9 Å². The Bertz CT molecular complexity index is 1100. The molecule has 0 aliphatic rings. The van der Waals surface area contributed by atoms with Crippen molar-refractivity contribution in [3.8, 4) is 0 Å². The number of nitro groups is 1. The number of non-ortho nitro benzene ring substituents is 1. The number of benzene rings is 1. The van der Waals surface area contributed by atoms with E-state index in [0.717, 1.165) is 17.8 Å². The van der Waals surface area contributed by atoms with Crippen LogP contribution in [-0.4, -0.2) is 36.0 Å². The van der Waals surface area contributed by atoms with E-state index in [2.05, 4.69) is 25.8 Å². The molecule has 156 valence electrons. The van der Waals surface area contributed by atoms with E-state index in [4.69, 9.17) is 0 Å². The summed E-state index contributed by atoms with van der Waals surface area (Å²) in [4.78, 5) is 27.7. The van der Waals surface area contributed by atoms with E-state index < -0.39 is 16.6 Å². The van der Waals surface area contributed by atoms with E-state index in [-0.39, 0.29) is 17.1 Å². The number of carbonyl (C=O) groups excluding carboxylic acids is 1. The van der Waals surface area contributed by atoms with E-state index in [9.17, 15) is 19.3 Å². The van der Waals surface area contributed by atoms with Crippen LogP contribution in [0.1, 0.15) is 29.8 Å². The lowest BCUT2D eigenvalue weighted by atomic mass is 10.0. The molecule has 12 heteroatoms. The molecule has 1 N–H and O–H groups in total. The minimum absolute atomic E-state index is 0.0235. The summed E-state index contributed by atoms with van der Waals surface area (Å²) in [6.07, 6.45) is 2.14. The van der Waals surface area contributed by atoms with Crippen LogP contribution < -0.4 is 5.32 Å². The average molecular weight is 431 g/mol. The van der Waals surface area contributed by atoms with Gasteiger partial charge in [0.2, 0.25) is 5.16 Å². The summed E-state index contributed by atoms with van der Waals surface area (Å²) in [5.74, 6) is -1.35. The third-order valence-corrected chi connectivity index (χ3v) is 5.08. The fourth-order valence-corrected chi connectivity index (χ4v) is 3.47. The summed E-state index contributed by atoms with van der Waals surface area (Å²) in [5, 5.41) is 25.0. The minimum atomic E-state index is -0.737. The lowest BCUT2D eigenvalue weighted by molar-refractivity contribution is -0.384. The maximum Gasteiger partial charge on any atom is 0.270 e. The highest BCUT2D eigenvalue weighted by molar-refractivity contribution is 7.99. The highest BCUT2D eigenvalue weighted by Gasteiger charge is 2.21. The van der Waals surface area contributed by atoms with E-state index in [1.165, 1.54) is 29.1 Å². The fourth-order valence-electron chi connectivity index (χ4n) is 2.63. The van der Waals surface area contributed by atoms with Crippen molar-refractivity contribution in [1.82, 2.24) is 25.2 Å². The molecule has 30 heavy (non-hydrogen) atoms. The molecule has 0 aliphatic carbocycles. The second kappa shape index (κ2) is 8.95. The van der Waals surface area contributed by atoms with Gasteiger partial charge in [0.1, 0.15) is 0 Å². The molecule has 0 bridgehead atoms. The molecule has 3 rings (SSSR count). The van der Waals surface area contributed by atoms with Crippen LogP contribution >= 0.6 is 11.8 Å². The maximum atomic E-state index is 14.4. The summed E-state index contributed by atoms with van der Waals surface area (Å²) in [5.41, 5.74) is 0.410. The molecule has 0 atom stereocenters. The molecule has 0 saturated carbocycles. The van der Waals surface area contributed by atoms with Crippen molar-refractivity contribution in [2.75, 3.05) is 5.32 Å². The number of tetrazole rings is 1. The van der Waals surface area contributed by atoms with Crippen LogP contribution in [0.3, 0.4) is 0 Å². The first-order valence-electron chi connectivity index (χ1n) is 8.89. The van der Waals surface area contributed by atoms with E-state index in [0.29, 0.717) is 28.0 Å². The first kappa shape index (κ1) is 21.3. The zero-order valence-electron chi connectivity index (χ0n) is 16.4. The smallest absolute Gasteiger partial charge is 0.270 e. The first-order valence-corrected chi connectivity index (χ1v) is 9.70. The van der Waals surface area contributed by atoms with Crippen LogP contribution in [0.4, 0.5) is 15.9 Å². The Hall–Kier alpha value is -3.41. The van der Waals surface area contributed by atoms with Crippen LogP contribution in [0, 0.1) is 21.8 Å². The first-order chi connectivity index (χ1) is 14.2. The number of carbonyl (C=O) groups is 1. The molecule has 0 radical (unpaired) electrons. The minimum Gasteiger partial charge on any atom is -0.304 e. The SMILES string of the molecule is CC(C)Cc1cnc(NC(=O)c2cc([N+](=O)[O-])ccc2Sc2nnnn2C)c(F)c1. The zero-order valence-corrected chi connectivity index (χ0v) is 17.2. The Morgan fingerprint density at radius 1 is 1.37 bits per heavy atom. The maximum absolute atomic E-state index is 14.4. The summed E-state index contributed by atoms with van der Waals surface area (Å²) >= 11 is 1.05. The molecule has 2 heterocycles. The molecule has 0 saturated heterocycles. The highest BCUT2D eigenvalue weighted by atomic mass is 32.2. The van der Waals surface area contributed by atoms with E-state index in [1.807, 2.05) is 13.8 Å². The quantitative estimate of drug-likeness (QED) is 0.446. The Morgan fingerprint density at radius 2 is 2.13 bits per heavy atom. The molecular weight excluding hydrogens is 413 g/mol. The average Bonchev–Trinajstić information content (AvgIpc) is 3.08. The molecule has 2 aromatic heterocycles. The largest absolute Gasteiger partial charge is 0.304 e. The number of nitrogens with one attached hydrogen (secondary N) is 1. The van der Waals surface area contributed by atoms with Crippen molar-refractivity contribution < 1.29 is 14.1 Å². The Kier molecular flexibility index (Phi) is 6.35. The van der Waals surface area contributed by atoms with Gasteiger partial charge in [0, 0.05) is 30.3 Å². The van der Waals surface area contributed by atoms with E-state index >= 15 is 0 Å².